The van der Waals surface area contributed by atoms with Gasteiger partial charge in [-0.3, -0.25) is 9.59 Å². The predicted octanol–water partition coefficient (Wildman–Crippen LogP) is -0.529. The van der Waals surface area contributed by atoms with Gasteiger partial charge in [0.25, 0.3) is 5.91 Å². The van der Waals surface area contributed by atoms with Crippen LogP contribution in [-0.4, -0.2) is 49.1 Å². The second kappa shape index (κ2) is 4.69. The van der Waals surface area contributed by atoms with Crippen molar-refractivity contribution in [1.82, 2.24) is 10.2 Å². The highest BCUT2D eigenvalue weighted by molar-refractivity contribution is 5.90. The Labute approximate surface area is 90.8 Å². The Kier molecular flexibility index (Phi) is 4.30. The van der Waals surface area contributed by atoms with Gasteiger partial charge >= 0.3 is 6.18 Å². The highest BCUT2D eigenvalue weighted by Gasteiger charge is 2.55. The molecule has 0 radical (unpaired) electrons. The Morgan fingerprint density at radius 2 is 1.81 bits per heavy atom. The average Bonchev–Trinajstić information content (AvgIpc) is 2.14. The number of carbonyl (C=O) groups is 2. The zero-order valence-corrected chi connectivity index (χ0v) is 9.18. The van der Waals surface area contributed by atoms with Gasteiger partial charge in [0.15, 0.2) is 5.54 Å². The van der Waals surface area contributed by atoms with E-state index in [9.17, 15) is 22.8 Å². The Hall–Kier alpha value is -1.31. The molecule has 0 aromatic carbocycles. The van der Waals surface area contributed by atoms with E-state index in [1.165, 1.54) is 7.05 Å². The fraction of sp³-hybridized carbons (Fsp3) is 0.750. The summed E-state index contributed by atoms with van der Waals surface area (Å²) in [5.41, 5.74) is 1.92. The van der Waals surface area contributed by atoms with E-state index in [0.29, 0.717) is 11.8 Å². The molecule has 1 unspecified atom stereocenters. The lowest BCUT2D eigenvalue weighted by atomic mass is 10.0. The van der Waals surface area contributed by atoms with E-state index < -0.39 is 30.1 Å². The van der Waals surface area contributed by atoms with Crippen molar-refractivity contribution in [2.75, 3.05) is 20.6 Å². The molecule has 0 rings (SSSR count). The first kappa shape index (κ1) is 14.7. The first-order chi connectivity index (χ1) is 7.04. The van der Waals surface area contributed by atoms with E-state index in [1.54, 1.807) is 0 Å². The number of nitrogens with one attached hydrogen (secondary N) is 1. The normalized spacial score (nSPS) is 15.2. The third kappa shape index (κ3) is 3.09. The molecule has 8 heteroatoms. The van der Waals surface area contributed by atoms with Gasteiger partial charge in [0.1, 0.15) is 0 Å². The molecule has 0 saturated heterocycles. The van der Waals surface area contributed by atoms with Crippen LogP contribution in [0.2, 0.25) is 0 Å². The molecule has 0 spiro atoms. The van der Waals surface area contributed by atoms with Crippen LogP contribution in [-0.2, 0) is 9.59 Å². The molecule has 1 atom stereocenters. The summed E-state index contributed by atoms with van der Waals surface area (Å²) < 4.78 is 37.2. The third-order valence-electron chi connectivity index (χ3n) is 2.04. The molecule has 16 heavy (non-hydrogen) atoms. The van der Waals surface area contributed by atoms with Crippen molar-refractivity contribution < 1.29 is 22.8 Å². The summed E-state index contributed by atoms with van der Waals surface area (Å²) in [5.74, 6) is -1.93. The van der Waals surface area contributed by atoms with Crippen molar-refractivity contribution in [3.63, 3.8) is 0 Å². The number of hydrogen-bond acceptors (Lipinski definition) is 3. The largest absolute Gasteiger partial charge is 0.415 e. The molecule has 2 amide bonds. The SMILES string of the molecule is CNC(=O)CN(C)C(=O)C(C)(N)C(F)(F)F. The molecule has 0 aliphatic carbocycles. The predicted molar refractivity (Wildman–Crippen MR) is 50.4 cm³/mol. The van der Waals surface area contributed by atoms with Crippen molar-refractivity contribution in [1.29, 1.82) is 0 Å². The minimum Gasteiger partial charge on any atom is -0.358 e. The fourth-order valence-corrected chi connectivity index (χ4v) is 0.884. The molecule has 0 aliphatic heterocycles. The molecule has 0 aromatic rings. The topological polar surface area (TPSA) is 75.4 Å². The number of likely N-dealkylation sites (N-methyl/N-ethyl adjacent to an activating group) is 2. The van der Waals surface area contributed by atoms with Crippen LogP contribution < -0.4 is 11.1 Å². The summed E-state index contributed by atoms with van der Waals surface area (Å²) in [6.07, 6.45) is -4.86. The number of halogens is 3. The number of amides is 2. The fourth-order valence-electron chi connectivity index (χ4n) is 0.884. The number of alkyl halides is 3. The van der Waals surface area contributed by atoms with Crippen LogP contribution in [0.25, 0.3) is 0 Å². The van der Waals surface area contributed by atoms with E-state index in [0.717, 1.165) is 7.05 Å². The monoisotopic (exact) mass is 241 g/mol. The third-order valence-corrected chi connectivity index (χ3v) is 2.04. The lowest BCUT2D eigenvalue weighted by Crippen LogP contribution is -2.62. The molecular formula is C8H14F3N3O2. The van der Waals surface area contributed by atoms with Crippen LogP contribution in [0, 0.1) is 0 Å². The van der Waals surface area contributed by atoms with Crippen LogP contribution in [0.1, 0.15) is 6.92 Å². The molecule has 0 aromatic heterocycles. The van der Waals surface area contributed by atoms with Gasteiger partial charge in [-0.25, -0.2) is 0 Å². The van der Waals surface area contributed by atoms with Gasteiger partial charge in [-0.15, -0.1) is 0 Å². The van der Waals surface area contributed by atoms with E-state index in [4.69, 9.17) is 5.73 Å². The van der Waals surface area contributed by atoms with Gasteiger partial charge in [0, 0.05) is 14.1 Å². The van der Waals surface area contributed by atoms with Gasteiger partial charge in [0.05, 0.1) is 6.54 Å². The molecule has 0 fully saturated rings. The van der Waals surface area contributed by atoms with Gasteiger partial charge in [-0.05, 0) is 6.92 Å². The molecule has 5 nitrogen and oxygen atoms in total. The second-order valence-corrected chi connectivity index (χ2v) is 3.53. The average molecular weight is 241 g/mol. The zero-order valence-electron chi connectivity index (χ0n) is 9.18. The highest BCUT2D eigenvalue weighted by Crippen LogP contribution is 2.29. The van der Waals surface area contributed by atoms with Crippen molar-refractivity contribution in [3.8, 4) is 0 Å². The highest BCUT2D eigenvalue weighted by atomic mass is 19.4. The summed E-state index contributed by atoms with van der Waals surface area (Å²) in [7, 11) is 2.39. The molecule has 0 saturated carbocycles. The van der Waals surface area contributed by atoms with E-state index in [2.05, 4.69) is 5.32 Å². The number of rotatable bonds is 3. The maximum atomic E-state index is 12.4. The lowest BCUT2D eigenvalue weighted by Gasteiger charge is -2.30. The van der Waals surface area contributed by atoms with Crippen LogP contribution >= 0.6 is 0 Å². The number of carbonyl (C=O) groups excluding carboxylic acids is 2. The second-order valence-electron chi connectivity index (χ2n) is 3.53. The van der Waals surface area contributed by atoms with Gasteiger partial charge < -0.3 is 16.0 Å². The van der Waals surface area contributed by atoms with E-state index >= 15 is 0 Å². The van der Waals surface area contributed by atoms with E-state index in [1.807, 2.05) is 0 Å². The Bertz CT molecular complexity index is 289. The Morgan fingerprint density at radius 1 is 1.38 bits per heavy atom. The maximum Gasteiger partial charge on any atom is 0.415 e. The summed E-state index contributed by atoms with van der Waals surface area (Å²) in [6.45, 7) is 0.0912. The molecule has 0 bridgehead atoms. The van der Waals surface area contributed by atoms with Crippen molar-refractivity contribution in [3.05, 3.63) is 0 Å². The number of nitrogens with zero attached hydrogens (tertiary/aromatic N) is 1. The van der Waals surface area contributed by atoms with Gasteiger partial charge in [-0.1, -0.05) is 0 Å². The van der Waals surface area contributed by atoms with Crippen LogP contribution in [0.4, 0.5) is 13.2 Å². The summed E-state index contributed by atoms with van der Waals surface area (Å²) >= 11 is 0. The standard InChI is InChI=1S/C8H14F3N3O2/c1-7(12,8(9,10)11)6(16)14(3)4-5(15)13-2/h4,12H2,1-3H3,(H,13,15). The molecule has 0 aliphatic rings. The zero-order chi connectivity index (χ0) is 13.1. The molecule has 94 valence electrons. The molecule has 0 heterocycles. The van der Waals surface area contributed by atoms with Crippen LogP contribution in [0.5, 0.6) is 0 Å². The minimum absolute atomic E-state index is 0.474. The lowest BCUT2D eigenvalue weighted by molar-refractivity contribution is -0.193. The van der Waals surface area contributed by atoms with Crippen LogP contribution in [0.15, 0.2) is 0 Å². The van der Waals surface area contributed by atoms with Crippen molar-refractivity contribution >= 4 is 11.8 Å². The summed E-state index contributed by atoms with van der Waals surface area (Å²) in [6, 6.07) is 0. The van der Waals surface area contributed by atoms with Crippen LogP contribution in [0.3, 0.4) is 0 Å². The van der Waals surface area contributed by atoms with Crippen molar-refractivity contribution in [2.45, 2.75) is 18.6 Å². The quantitative estimate of drug-likeness (QED) is 0.697. The van der Waals surface area contributed by atoms with Gasteiger partial charge in [-0.2, -0.15) is 13.2 Å². The van der Waals surface area contributed by atoms with E-state index in [-0.39, 0.29) is 0 Å². The summed E-state index contributed by atoms with van der Waals surface area (Å²) in [4.78, 5) is 22.9. The number of hydrogen-bond donors (Lipinski definition) is 2. The summed E-state index contributed by atoms with van der Waals surface area (Å²) in [5, 5.41) is 2.19. The Morgan fingerprint density at radius 3 is 2.12 bits per heavy atom. The van der Waals surface area contributed by atoms with Crippen molar-refractivity contribution in [2.24, 2.45) is 5.73 Å². The molecule has 3 N–H and O–H groups in total. The van der Waals surface area contributed by atoms with Gasteiger partial charge in [0.2, 0.25) is 5.91 Å². The first-order valence-electron chi connectivity index (χ1n) is 4.35. The number of nitrogens with two attached hydrogens (primary N) is 1. The minimum atomic E-state index is -4.86. The first-order valence-corrected chi connectivity index (χ1v) is 4.35. The molecular weight excluding hydrogens is 227 g/mol. The Balaban J connectivity index is 4.74. The smallest absolute Gasteiger partial charge is 0.358 e. The maximum absolute atomic E-state index is 12.4.